The van der Waals surface area contributed by atoms with Crippen molar-refractivity contribution >= 4 is 12.0 Å². The highest BCUT2D eigenvalue weighted by Gasteiger charge is 2.33. The van der Waals surface area contributed by atoms with Gasteiger partial charge in [-0.2, -0.15) is 0 Å². The van der Waals surface area contributed by atoms with E-state index in [1.54, 1.807) is 0 Å². The second kappa shape index (κ2) is 7.51. The molecule has 2 atom stereocenters. The van der Waals surface area contributed by atoms with Crippen molar-refractivity contribution in [3.05, 3.63) is 0 Å². The molecule has 0 bridgehead atoms. The van der Waals surface area contributed by atoms with E-state index in [1.807, 2.05) is 25.7 Å². The van der Waals surface area contributed by atoms with Crippen molar-refractivity contribution in [3.63, 3.8) is 0 Å². The first-order valence-corrected chi connectivity index (χ1v) is 8.77. The number of amides is 2. The Morgan fingerprint density at radius 3 is 2.57 bits per heavy atom. The standard InChI is InChI=1S/C17H31N3O3/c1-12(18-11-15(21)19-13-7-8-13)10-14-6-5-9-20(14)16(22)23-17(2,3)4/h12-14,18H,5-11H2,1-4H3,(H,19,21). The molecule has 0 radical (unpaired) electrons. The summed E-state index contributed by atoms with van der Waals surface area (Å²) < 4.78 is 5.48. The quantitative estimate of drug-likeness (QED) is 0.784. The molecule has 1 heterocycles. The predicted molar refractivity (Wildman–Crippen MR) is 89.2 cm³/mol. The molecule has 0 aromatic carbocycles. The average molecular weight is 325 g/mol. The minimum Gasteiger partial charge on any atom is -0.444 e. The molecule has 2 amide bonds. The molecular weight excluding hydrogens is 294 g/mol. The molecular formula is C17H31N3O3. The Balaban J connectivity index is 1.73. The number of carbonyl (C=O) groups is 2. The summed E-state index contributed by atoms with van der Waals surface area (Å²) in [5.74, 6) is 0.0646. The van der Waals surface area contributed by atoms with Crippen molar-refractivity contribution in [2.45, 2.75) is 83.5 Å². The highest BCUT2D eigenvalue weighted by atomic mass is 16.6. The number of hydrogen-bond acceptors (Lipinski definition) is 4. The number of ether oxygens (including phenoxy) is 1. The van der Waals surface area contributed by atoms with Gasteiger partial charge in [-0.15, -0.1) is 0 Å². The molecule has 1 saturated heterocycles. The van der Waals surface area contributed by atoms with Crippen LogP contribution in [-0.4, -0.2) is 53.7 Å². The van der Waals surface area contributed by atoms with Gasteiger partial charge in [-0.1, -0.05) is 0 Å². The van der Waals surface area contributed by atoms with Gasteiger partial charge in [0.05, 0.1) is 6.54 Å². The van der Waals surface area contributed by atoms with Crippen molar-refractivity contribution in [3.8, 4) is 0 Å². The molecule has 2 rings (SSSR count). The lowest BCUT2D eigenvalue weighted by atomic mass is 10.1. The van der Waals surface area contributed by atoms with E-state index in [1.165, 1.54) is 0 Å². The molecule has 2 unspecified atom stereocenters. The maximum Gasteiger partial charge on any atom is 0.410 e. The maximum atomic E-state index is 12.3. The van der Waals surface area contributed by atoms with Crippen LogP contribution in [0.15, 0.2) is 0 Å². The van der Waals surface area contributed by atoms with Gasteiger partial charge in [0, 0.05) is 24.7 Å². The van der Waals surface area contributed by atoms with E-state index in [0.29, 0.717) is 12.6 Å². The first-order valence-electron chi connectivity index (χ1n) is 8.77. The van der Waals surface area contributed by atoms with E-state index < -0.39 is 5.60 Å². The van der Waals surface area contributed by atoms with Crippen molar-refractivity contribution in [2.75, 3.05) is 13.1 Å². The number of carbonyl (C=O) groups excluding carboxylic acids is 2. The van der Waals surface area contributed by atoms with Crippen LogP contribution in [0.2, 0.25) is 0 Å². The number of likely N-dealkylation sites (tertiary alicyclic amines) is 1. The molecule has 23 heavy (non-hydrogen) atoms. The molecule has 2 aliphatic rings. The Morgan fingerprint density at radius 2 is 1.96 bits per heavy atom. The van der Waals surface area contributed by atoms with E-state index >= 15 is 0 Å². The number of rotatable bonds is 6. The molecule has 0 aromatic rings. The third-order valence-electron chi connectivity index (χ3n) is 4.18. The van der Waals surface area contributed by atoms with Gasteiger partial charge in [0.2, 0.25) is 5.91 Å². The monoisotopic (exact) mass is 325 g/mol. The highest BCUT2D eigenvalue weighted by Crippen LogP contribution is 2.24. The number of nitrogens with zero attached hydrogens (tertiary/aromatic N) is 1. The van der Waals surface area contributed by atoms with Crippen molar-refractivity contribution in [1.29, 1.82) is 0 Å². The molecule has 6 heteroatoms. The van der Waals surface area contributed by atoms with Crippen LogP contribution < -0.4 is 10.6 Å². The fourth-order valence-electron chi connectivity index (χ4n) is 2.91. The van der Waals surface area contributed by atoms with Gasteiger partial charge in [0.25, 0.3) is 0 Å². The molecule has 132 valence electrons. The molecule has 1 aliphatic carbocycles. The Labute approximate surface area is 139 Å². The second-order valence-corrected chi connectivity index (χ2v) is 7.83. The van der Waals surface area contributed by atoms with Gasteiger partial charge < -0.3 is 20.3 Å². The molecule has 0 spiro atoms. The zero-order valence-electron chi connectivity index (χ0n) is 14.9. The summed E-state index contributed by atoms with van der Waals surface area (Å²) in [6.07, 6.45) is 4.84. The van der Waals surface area contributed by atoms with Gasteiger partial charge in [0.15, 0.2) is 0 Å². The molecule has 2 N–H and O–H groups in total. The summed E-state index contributed by atoms with van der Waals surface area (Å²) in [7, 11) is 0. The van der Waals surface area contributed by atoms with E-state index in [9.17, 15) is 9.59 Å². The van der Waals surface area contributed by atoms with Crippen LogP contribution >= 0.6 is 0 Å². The van der Waals surface area contributed by atoms with Crippen LogP contribution in [0.3, 0.4) is 0 Å². The lowest BCUT2D eigenvalue weighted by Crippen LogP contribution is -2.44. The Bertz CT molecular complexity index is 429. The smallest absolute Gasteiger partial charge is 0.410 e. The molecule has 1 saturated carbocycles. The Kier molecular flexibility index (Phi) is 5.89. The molecule has 0 aromatic heterocycles. The lowest BCUT2D eigenvalue weighted by Gasteiger charge is -2.30. The van der Waals surface area contributed by atoms with Gasteiger partial charge in [-0.05, 0) is 59.8 Å². The normalized spacial score (nSPS) is 22.8. The van der Waals surface area contributed by atoms with Gasteiger partial charge in [-0.3, -0.25) is 4.79 Å². The van der Waals surface area contributed by atoms with Crippen molar-refractivity contribution in [2.24, 2.45) is 0 Å². The summed E-state index contributed by atoms with van der Waals surface area (Å²) in [5.41, 5.74) is -0.463. The van der Waals surface area contributed by atoms with E-state index in [4.69, 9.17) is 4.74 Å². The Morgan fingerprint density at radius 1 is 1.26 bits per heavy atom. The summed E-state index contributed by atoms with van der Waals surface area (Å²) in [4.78, 5) is 25.8. The summed E-state index contributed by atoms with van der Waals surface area (Å²) in [5, 5.41) is 6.23. The highest BCUT2D eigenvalue weighted by molar-refractivity contribution is 5.78. The van der Waals surface area contributed by atoms with Crippen molar-refractivity contribution in [1.82, 2.24) is 15.5 Å². The van der Waals surface area contributed by atoms with Crippen LogP contribution in [-0.2, 0) is 9.53 Å². The molecule has 2 fully saturated rings. The zero-order chi connectivity index (χ0) is 17.0. The molecule has 6 nitrogen and oxygen atoms in total. The average Bonchev–Trinajstić information content (AvgIpc) is 3.10. The van der Waals surface area contributed by atoms with Gasteiger partial charge in [-0.25, -0.2) is 4.79 Å². The number of nitrogens with one attached hydrogen (secondary N) is 2. The van der Waals surface area contributed by atoms with Crippen LogP contribution in [0.4, 0.5) is 4.79 Å². The predicted octanol–water partition coefficient (Wildman–Crippen LogP) is 2.03. The van der Waals surface area contributed by atoms with Crippen LogP contribution in [0, 0.1) is 0 Å². The largest absolute Gasteiger partial charge is 0.444 e. The Hall–Kier alpha value is -1.30. The van der Waals surface area contributed by atoms with E-state index in [-0.39, 0.29) is 24.1 Å². The molecule has 1 aliphatic heterocycles. The van der Waals surface area contributed by atoms with Crippen LogP contribution in [0.5, 0.6) is 0 Å². The fraction of sp³-hybridized carbons (Fsp3) is 0.882. The van der Waals surface area contributed by atoms with Crippen LogP contribution in [0.1, 0.15) is 59.8 Å². The van der Waals surface area contributed by atoms with Gasteiger partial charge in [0.1, 0.15) is 5.60 Å². The minimum atomic E-state index is -0.463. The van der Waals surface area contributed by atoms with Crippen LogP contribution in [0.25, 0.3) is 0 Å². The first-order chi connectivity index (χ1) is 10.7. The third kappa shape index (κ3) is 6.37. The number of hydrogen-bond donors (Lipinski definition) is 2. The minimum absolute atomic E-state index is 0.0646. The fourth-order valence-corrected chi connectivity index (χ4v) is 2.91. The summed E-state index contributed by atoms with van der Waals surface area (Å²) >= 11 is 0. The lowest BCUT2D eigenvalue weighted by molar-refractivity contribution is -0.120. The summed E-state index contributed by atoms with van der Waals surface area (Å²) in [6.45, 7) is 8.83. The zero-order valence-corrected chi connectivity index (χ0v) is 14.9. The summed E-state index contributed by atoms with van der Waals surface area (Å²) in [6, 6.07) is 0.781. The second-order valence-electron chi connectivity index (χ2n) is 7.83. The van der Waals surface area contributed by atoms with E-state index in [2.05, 4.69) is 17.6 Å². The van der Waals surface area contributed by atoms with Crippen molar-refractivity contribution < 1.29 is 14.3 Å². The first kappa shape index (κ1) is 18.0. The SMILES string of the molecule is CC(CC1CCCN1C(=O)OC(C)(C)C)NCC(=O)NC1CC1. The van der Waals surface area contributed by atoms with Gasteiger partial charge >= 0.3 is 6.09 Å². The van der Waals surface area contributed by atoms with E-state index in [0.717, 1.165) is 38.6 Å². The topological polar surface area (TPSA) is 70.7 Å². The third-order valence-corrected chi connectivity index (χ3v) is 4.18. The maximum absolute atomic E-state index is 12.3.